The van der Waals surface area contributed by atoms with Gasteiger partial charge >= 0.3 is 17.7 Å². The number of benzene rings is 1. The molecule has 2 atom stereocenters. The molecule has 20 heavy (non-hydrogen) atoms. The fourth-order valence-electron chi connectivity index (χ4n) is 1.67. The first-order valence-electron chi connectivity index (χ1n) is 5.85. The van der Waals surface area contributed by atoms with Crippen molar-refractivity contribution >= 4 is 23.4 Å². The van der Waals surface area contributed by atoms with Crippen molar-refractivity contribution in [1.82, 2.24) is 0 Å². The van der Waals surface area contributed by atoms with Crippen LogP contribution in [0.2, 0.25) is 5.02 Å². The molecule has 108 valence electrons. The number of rotatable bonds is 5. The predicted molar refractivity (Wildman–Crippen MR) is 66.2 cm³/mol. The van der Waals surface area contributed by atoms with E-state index in [1.54, 1.807) is 0 Å². The number of hydrogen-bond acceptors (Lipinski definition) is 3. The number of carboxylic acid groups (broad SMARTS) is 1. The quantitative estimate of drug-likeness (QED) is 0.850. The van der Waals surface area contributed by atoms with E-state index in [9.17, 15) is 18.4 Å². The third-order valence-corrected chi connectivity index (χ3v) is 3.40. The van der Waals surface area contributed by atoms with Gasteiger partial charge < -0.3 is 9.84 Å². The predicted octanol–water partition coefficient (Wildman–Crippen LogP) is 2.87. The first-order valence-corrected chi connectivity index (χ1v) is 6.23. The Labute approximate surface area is 118 Å². The van der Waals surface area contributed by atoms with Crippen molar-refractivity contribution in [2.45, 2.75) is 25.4 Å². The van der Waals surface area contributed by atoms with Crippen LogP contribution in [0.25, 0.3) is 0 Å². The van der Waals surface area contributed by atoms with Crippen LogP contribution in [0.1, 0.15) is 18.9 Å². The maximum atomic E-state index is 13.7. The number of carboxylic acids is 1. The number of hydrogen-bond donors (Lipinski definition) is 1. The second-order valence-electron chi connectivity index (χ2n) is 4.72. The summed E-state index contributed by atoms with van der Waals surface area (Å²) in [5.74, 6) is -8.16. The van der Waals surface area contributed by atoms with Crippen LogP contribution in [0.5, 0.6) is 5.75 Å². The van der Waals surface area contributed by atoms with Gasteiger partial charge in [-0.25, -0.2) is 4.79 Å². The first kappa shape index (κ1) is 14.7. The van der Waals surface area contributed by atoms with Crippen LogP contribution < -0.4 is 4.74 Å². The molecule has 0 spiro atoms. The zero-order valence-electron chi connectivity index (χ0n) is 10.4. The standard InChI is InChI=1S/C13H11ClF2O4/c1-6-4-9(6)20-10-5-7(2-3-8(10)14)13(15,16)11(17)12(18)19/h2-3,5-6,9H,4H2,1H3,(H,18,19). The minimum atomic E-state index is -4.12. The molecular formula is C13H11ClF2O4. The highest BCUT2D eigenvalue weighted by atomic mass is 35.5. The molecule has 0 aliphatic heterocycles. The average molecular weight is 305 g/mol. The van der Waals surface area contributed by atoms with E-state index in [1.807, 2.05) is 6.92 Å². The van der Waals surface area contributed by atoms with Crippen LogP contribution in [0.15, 0.2) is 18.2 Å². The summed E-state index contributed by atoms with van der Waals surface area (Å²) in [4.78, 5) is 21.4. The minimum absolute atomic E-state index is 0.0244. The molecule has 0 amide bonds. The monoisotopic (exact) mass is 304 g/mol. The van der Waals surface area contributed by atoms with Crippen LogP contribution in [0.4, 0.5) is 8.78 Å². The number of halogens is 3. The molecule has 0 heterocycles. The van der Waals surface area contributed by atoms with E-state index in [0.717, 1.165) is 24.6 Å². The highest BCUT2D eigenvalue weighted by molar-refractivity contribution is 6.35. The van der Waals surface area contributed by atoms with Gasteiger partial charge in [-0.1, -0.05) is 24.6 Å². The van der Waals surface area contributed by atoms with Gasteiger partial charge in [-0.15, -0.1) is 0 Å². The average Bonchev–Trinajstić information content (AvgIpc) is 3.06. The second kappa shape index (κ2) is 5.01. The third kappa shape index (κ3) is 2.75. The lowest BCUT2D eigenvalue weighted by Crippen LogP contribution is -2.32. The van der Waals surface area contributed by atoms with Crippen molar-refractivity contribution in [2.75, 3.05) is 0 Å². The first-order chi connectivity index (χ1) is 9.23. The summed E-state index contributed by atoms with van der Waals surface area (Å²) in [6, 6.07) is 2.98. The molecule has 2 rings (SSSR count). The maximum absolute atomic E-state index is 13.7. The van der Waals surface area contributed by atoms with Crippen LogP contribution in [-0.2, 0) is 15.5 Å². The minimum Gasteiger partial charge on any atom is -0.489 e. The van der Waals surface area contributed by atoms with E-state index in [2.05, 4.69) is 0 Å². The van der Waals surface area contributed by atoms with E-state index in [-0.39, 0.29) is 16.9 Å². The highest BCUT2D eigenvalue weighted by Gasteiger charge is 2.45. The van der Waals surface area contributed by atoms with Gasteiger partial charge in [0.15, 0.2) is 0 Å². The number of alkyl halides is 2. The van der Waals surface area contributed by atoms with Crippen LogP contribution in [0, 0.1) is 5.92 Å². The third-order valence-electron chi connectivity index (χ3n) is 3.09. The van der Waals surface area contributed by atoms with Gasteiger partial charge in [0.05, 0.1) is 5.02 Å². The van der Waals surface area contributed by atoms with Crippen molar-refractivity contribution in [3.05, 3.63) is 28.8 Å². The topological polar surface area (TPSA) is 63.6 Å². The lowest BCUT2D eigenvalue weighted by atomic mass is 10.0. The van der Waals surface area contributed by atoms with Gasteiger partial charge in [0.1, 0.15) is 11.9 Å². The summed E-state index contributed by atoms with van der Waals surface area (Å²) in [7, 11) is 0. The molecular weight excluding hydrogens is 294 g/mol. The molecule has 2 unspecified atom stereocenters. The molecule has 1 saturated carbocycles. The molecule has 1 aliphatic rings. The summed E-state index contributed by atoms with van der Waals surface area (Å²) in [5, 5.41) is 8.54. The number of carbonyl (C=O) groups is 2. The Kier molecular flexibility index (Phi) is 3.69. The van der Waals surface area contributed by atoms with Crippen LogP contribution in [-0.4, -0.2) is 23.0 Å². The lowest BCUT2D eigenvalue weighted by Gasteiger charge is -2.15. The Balaban J connectivity index is 2.30. The van der Waals surface area contributed by atoms with E-state index in [4.69, 9.17) is 21.4 Å². The summed E-state index contributed by atoms with van der Waals surface area (Å²) in [6.45, 7) is 1.94. The summed E-state index contributed by atoms with van der Waals surface area (Å²) >= 11 is 5.84. The molecule has 0 bridgehead atoms. The Morgan fingerprint density at radius 1 is 1.45 bits per heavy atom. The fourth-order valence-corrected chi connectivity index (χ4v) is 1.83. The number of ether oxygens (including phenoxy) is 1. The molecule has 4 nitrogen and oxygen atoms in total. The molecule has 1 aromatic carbocycles. The molecule has 1 N–H and O–H groups in total. The second-order valence-corrected chi connectivity index (χ2v) is 5.13. The number of ketones is 1. The van der Waals surface area contributed by atoms with E-state index in [1.165, 1.54) is 0 Å². The SMILES string of the molecule is CC1CC1Oc1cc(C(F)(F)C(=O)C(=O)O)ccc1Cl. The van der Waals surface area contributed by atoms with Crippen molar-refractivity contribution in [1.29, 1.82) is 0 Å². The van der Waals surface area contributed by atoms with Gasteiger partial charge in [0.25, 0.3) is 0 Å². The zero-order valence-corrected chi connectivity index (χ0v) is 11.2. The van der Waals surface area contributed by atoms with Gasteiger partial charge in [-0.2, -0.15) is 8.78 Å². The van der Waals surface area contributed by atoms with E-state index in [0.29, 0.717) is 5.92 Å². The van der Waals surface area contributed by atoms with Crippen LogP contribution in [0.3, 0.4) is 0 Å². The smallest absolute Gasteiger partial charge is 0.379 e. The number of carbonyl (C=O) groups excluding carboxylic acids is 1. The highest BCUT2D eigenvalue weighted by Crippen LogP contribution is 2.39. The van der Waals surface area contributed by atoms with Gasteiger partial charge in [0.2, 0.25) is 0 Å². The molecule has 1 aliphatic carbocycles. The Hall–Kier alpha value is -1.69. The molecule has 1 aromatic rings. The van der Waals surface area contributed by atoms with Crippen molar-refractivity contribution in [3.8, 4) is 5.75 Å². The zero-order chi connectivity index (χ0) is 15.1. The number of Topliss-reactive ketones (excluding diaryl/α,β-unsaturated/α-hetero) is 1. The van der Waals surface area contributed by atoms with Gasteiger partial charge in [-0.05, 0) is 24.5 Å². The Morgan fingerprint density at radius 2 is 2.05 bits per heavy atom. The maximum Gasteiger partial charge on any atom is 0.379 e. The van der Waals surface area contributed by atoms with E-state index < -0.39 is 23.2 Å². The summed E-state index contributed by atoms with van der Waals surface area (Å²) in [6.07, 6.45) is 0.705. The molecule has 0 saturated heterocycles. The molecule has 7 heteroatoms. The normalized spacial score (nSPS) is 21.4. The summed E-state index contributed by atoms with van der Waals surface area (Å²) < 4.78 is 32.8. The van der Waals surface area contributed by atoms with Crippen molar-refractivity contribution in [2.24, 2.45) is 5.92 Å². The van der Waals surface area contributed by atoms with Crippen molar-refractivity contribution < 1.29 is 28.2 Å². The van der Waals surface area contributed by atoms with E-state index >= 15 is 0 Å². The lowest BCUT2D eigenvalue weighted by molar-refractivity contribution is -0.163. The molecule has 0 radical (unpaired) electrons. The van der Waals surface area contributed by atoms with Gasteiger partial charge in [-0.3, -0.25) is 4.79 Å². The number of aliphatic carboxylic acids is 1. The molecule has 0 aromatic heterocycles. The molecule has 1 fully saturated rings. The fraction of sp³-hybridized carbons (Fsp3) is 0.385. The largest absolute Gasteiger partial charge is 0.489 e. The van der Waals surface area contributed by atoms with Gasteiger partial charge in [0, 0.05) is 5.56 Å². The Morgan fingerprint density at radius 3 is 2.55 bits per heavy atom. The van der Waals surface area contributed by atoms with Crippen LogP contribution >= 0.6 is 11.6 Å². The summed E-state index contributed by atoms with van der Waals surface area (Å²) in [5.41, 5.74) is -0.752. The van der Waals surface area contributed by atoms with Crippen molar-refractivity contribution in [3.63, 3.8) is 0 Å². The Bertz CT molecular complexity index is 573.